The quantitative estimate of drug-likeness (QED) is 0.856. The molecule has 0 saturated carbocycles. The van der Waals surface area contributed by atoms with Crippen molar-refractivity contribution in [1.82, 2.24) is 4.90 Å². The Kier molecular flexibility index (Phi) is 4.42. The third kappa shape index (κ3) is 4.53. The van der Waals surface area contributed by atoms with E-state index in [1.54, 1.807) is 0 Å². The summed E-state index contributed by atoms with van der Waals surface area (Å²) in [7, 11) is 4.05. The van der Waals surface area contributed by atoms with Crippen LogP contribution in [0.2, 0.25) is 0 Å². The highest BCUT2D eigenvalue weighted by Gasteiger charge is 2.06. The van der Waals surface area contributed by atoms with E-state index in [0.29, 0.717) is 5.69 Å². The van der Waals surface area contributed by atoms with Crippen LogP contribution in [-0.4, -0.2) is 31.6 Å². The van der Waals surface area contributed by atoms with E-state index < -0.39 is 0 Å². The molecule has 1 aromatic carbocycles. The molecular formula is C11H17BrN2O. The maximum absolute atomic E-state index is 5.74. The fraction of sp³-hybridized carbons (Fsp3) is 0.455. The van der Waals surface area contributed by atoms with Gasteiger partial charge in [0.25, 0.3) is 0 Å². The molecule has 0 amide bonds. The molecule has 4 heteroatoms. The van der Waals surface area contributed by atoms with Gasteiger partial charge in [0.05, 0.1) is 0 Å². The van der Waals surface area contributed by atoms with Crippen molar-refractivity contribution in [2.75, 3.05) is 26.4 Å². The number of nitrogens with zero attached hydrogens (tertiary/aromatic N) is 1. The highest BCUT2D eigenvalue weighted by molar-refractivity contribution is 9.10. The molecule has 1 unspecified atom stereocenters. The van der Waals surface area contributed by atoms with E-state index in [1.165, 1.54) is 0 Å². The Labute approximate surface area is 99.3 Å². The standard InChI is InChI=1S/C11H17BrN2O/c1-8(7-14(2)3)15-11-5-9(12)4-10(13)6-11/h4-6,8H,7,13H2,1-3H3. The van der Waals surface area contributed by atoms with Crippen LogP contribution >= 0.6 is 15.9 Å². The summed E-state index contributed by atoms with van der Waals surface area (Å²) in [5.74, 6) is 0.802. The first-order chi connectivity index (χ1) is 6.97. The normalized spacial score (nSPS) is 12.9. The molecular weight excluding hydrogens is 256 g/mol. The van der Waals surface area contributed by atoms with E-state index in [0.717, 1.165) is 16.8 Å². The summed E-state index contributed by atoms with van der Waals surface area (Å²) in [6, 6.07) is 5.60. The van der Waals surface area contributed by atoms with Crippen molar-refractivity contribution in [3.05, 3.63) is 22.7 Å². The lowest BCUT2D eigenvalue weighted by Crippen LogP contribution is -2.27. The van der Waals surface area contributed by atoms with Crippen molar-refractivity contribution in [1.29, 1.82) is 0 Å². The Hall–Kier alpha value is -0.740. The van der Waals surface area contributed by atoms with Gasteiger partial charge in [-0.05, 0) is 33.2 Å². The van der Waals surface area contributed by atoms with Crippen LogP contribution < -0.4 is 10.5 Å². The van der Waals surface area contributed by atoms with Crippen LogP contribution in [0.1, 0.15) is 6.92 Å². The average molecular weight is 273 g/mol. The van der Waals surface area contributed by atoms with E-state index in [4.69, 9.17) is 10.5 Å². The number of anilines is 1. The van der Waals surface area contributed by atoms with E-state index >= 15 is 0 Å². The monoisotopic (exact) mass is 272 g/mol. The lowest BCUT2D eigenvalue weighted by atomic mass is 10.3. The summed E-state index contributed by atoms with van der Waals surface area (Å²) >= 11 is 3.38. The van der Waals surface area contributed by atoms with Gasteiger partial charge < -0.3 is 15.4 Å². The largest absolute Gasteiger partial charge is 0.489 e. The predicted molar refractivity (Wildman–Crippen MR) is 67.2 cm³/mol. The Morgan fingerprint density at radius 3 is 2.60 bits per heavy atom. The second kappa shape index (κ2) is 5.37. The molecule has 0 aliphatic rings. The first kappa shape index (κ1) is 12.3. The molecule has 1 atom stereocenters. The van der Waals surface area contributed by atoms with Gasteiger partial charge in [-0.25, -0.2) is 0 Å². The number of hydrogen-bond donors (Lipinski definition) is 1. The SMILES string of the molecule is CC(CN(C)C)Oc1cc(N)cc(Br)c1. The molecule has 1 aromatic rings. The van der Waals surface area contributed by atoms with Crippen molar-refractivity contribution in [2.24, 2.45) is 0 Å². The summed E-state index contributed by atoms with van der Waals surface area (Å²) in [4.78, 5) is 2.09. The Balaban J connectivity index is 2.63. The van der Waals surface area contributed by atoms with Gasteiger partial charge in [-0.1, -0.05) is 15.9 Å². The highest BCUT2D eigenvalue weighted by atomic mass is 79.9. The fourth-order valence-corrected chi connectivity index (χ4v) is 1.93. The van der Waals surface area contributed by atoms with Gasteiger partial charge in [0.2, 0.25) is 0 Å². The van der Waals surface area contributed by atoms with Gasteiger partial charge in [0, 0.05) is 22.8 Å². The zero-order valence-electron chi connectivity index (χ0n) is 9.33. The van der Waals surface area contributed by atoms with Crippen LogP contribution in [0, 0.1) is 0 Å². The zero-order chi connectivity index (χ0) is 11.4. The molecule has 0 saturated heterocycles. The summed E-state index contributed by atoms with van der Waals surface area (Å²) < 4.78 is 6.67. The molecule has 84 valence electrons. The smallest absolute Gasteiger partial charge is 0.122 e. The van der Waals surface area contributed by atoms with Crippen molar-refractivity contribution in [3.63, 3.8) is 0 Å². The van der Waals surface area contributed by atoms with Crippen molar-refractivity contribution >= 4 is 21.6 Å². The van der Waals surface area contributed by atoms with Crippen LogP contribution in [0.25, 0.3) is 0 Å². The first-order valence-electron chi connectivity index (χ1n) is 4.85. The van der Waals surface area contributed by atoms with Crippen LogP contribution in [0.5, 0.6) is 5.75 Å². The lowest BCUT2D eigenvalue weighted by Gasteiger charge is -2.19. The molecule has 0 radical (unpaired) electrons. The van der Waals surface area contributed by atoms with E-state index in [1.807, 2.05) is 39.2 Å². The van der Waals surface area contributed by atoms with Gasteiger partial charge in [-0.15, -0.1) is 0 Å². The maximum Gasteiger partial charge on any atom is 0.122 e. The molecule has 1 rings (SSSR count). The molecule has 0 fully saturated rings. The Morgan fingerprint density at radius 1 is 1.40 bits per heavy atom. The molecule has 0 aliphatic heterocycles. The lowest BCUT2D eigenvalue weighted by molar-refractivity contribution is 0.177. The van der Waals surface area contributed by atoms with Crippen molar-refractivity contribution in [3.8, 4) is 5.75 Å². The summed E-state index contributed by atoms with van der Waals surface area (Å²) in [5.41, 5.74) is 6.42. The molecule has 3 nitrogen and oxygen atoms in total. The summed E-state index contributed by atoms with van der Waals surface area (Å²) in [6.45, 7) is 2.92. The summed E-state index contributed by atoms with van der Waals surface area (Å²) in [5, 5.41) is 0. The first-order valence-corrected chi connectivity index (χ1v) is 5.64. The van der Waals surface area contributed by atoms with Gasteiger partial charge in [0.15, 0.2) is 0 Å². The van der Waals surface area contributed by atoms with Crippen LogP contribution in [0.15, 0.2) is 22.7 Å². The van der Waals surface area contributed by atoms with Crippen molar-refractivity contribution in [2.45, 2.75) is 13.0 Å². The third-order valence-electron chi connectivity index (χ3n) is 1.85. The zero-order valence-corrected chi connectivity index (χ0v) is 10.9. The highest BCUT2D eigenvalue weighted by Crippen LogP contribution is 2.23. The predicted octanol–water partition coefficient (Wildman–Crippen LogP) is 2.36. The number of likely N-dealkylation sites (N-methyl/N-ethyl adjacent to an activating group) is 1. The number of ether oxygens (including phenoxy) is 1. The van der Waals surface area contributed by atoms with E-state index in [-0.39, 0.29) is 6.10 Å². The Morgan fingerprint density at radius 2 is 2.07 bits per heavy atom. The third-order valence-corrected chi connectivity index (χ3v) is 2.31. The molecule has 0 spiro atoms. The van der Waals surface area contributed by atoms with E-state index in [2.05, 4.69) is 20.8 Å². The molecule has 0 heterocycles. The number of benzene rings is 1. The van der Waals surface area contributed by atoms with Gasteiger partial charge in [-0.2, -0.15) is 0 Å². The van der Waals surface area contributed by atoms with Crippen LogP contribution in [0.4, 0.5) is 5.69 Å². The number of nitrogens with two attached hydrogens (primary N) is 1. The minimum atomic E-state index is 0.147. The topological polar surface area (TPSA) is 38.5 Å². The second-order valence-corrected chi connectivity index (χ2v) is 4.83. The van der Waals surface area contributed by atoms with Gasteiger partial charge in [-0.3, -0.25) is 0 Å². The van der Waals surface area contributed by atoms with Crippen LogP contribution in [-0.2, 0) is 0 Å². The molecule has 15 heavy (non-hydrogen) atoms. The summed E-state index contributed by atoms with van der Waals surface area (Å²) in [6.07, 6.45) is 0.147. The minimum absolute atomic E-state index is 0.147. The fourth-order valence-electron chi connectivity index (χ4n) is 1.44. The molecule has 2 N–H and O–H groups in total. The molecule has 0 aliphatic carbocycles. The van der Waals surface area contributed by atoms with Crippen LogP contribution in [0.3, 0.4) is 0 Å². The number of halogens is 1. The number of rotatable bonds is 4. The minimum Gasteiger partial charge on any atom is -0.489 e. The maximum atomic E-state index is 5.74. The molecule has 0 aromatic heterocycles. The van der Waals surface area contributed by atoms with E-state index in [9.17, 15) is 0 Å². The molecule has 0 bridgehead atoms. The van der Waals surface area contributed by atoms with Gasteiger partial charge >= 0.3 is 0 Å². The number of hydrogen-bond acceptors (Lipinski definition) is 3. The van der Waals surface area contributed by atoms with Gasteiger partial charge in [0.1, 0.15) is 11.9 Å². The van der Waals surface area contributed by atoms with Crippen molar-refractivity contribution < 1.29 is 4.74 Å². The second-order valence-electron chi connectivity index (χ2n) is 3.91. The number of nitrogen functional groups attached to an aromatic ring is 1. The average Bonchev–Trinajstić information content (AvgIpc) is 1.98. The Bertz CT molecular complexity index is 308.